The van der Waals surface area contributed by atoms with Gasteiger partial charge in [-0.2, -0.15) is 5.10 Å². The molecule has 1 aliphatic rings. The van der Waals surface area contributed by atoms with Crippen LogP contribution in [0.1, 0.15) is 47.8 Å². The normalized spacial score (nSPS) is 16.4. The van der Waals surface area contributed by atoms with Crippen molar-refractivity contribution in [2.24, 2.45) is 7.05 Å². The highest BCUT2D eigenvalue weighted by atomic mass is 16.2. The maximum atomic E-state index is 13.3. The van der Waals surface area contributed by atoms with Gasteiger partial charge in [0.05, 0.1) is 22.9 Å². The molecule has 3 heterocycles. The van der Waals surface area contributed by atoms with E-state index in [2.05, 4.69) is 20.4 Å². The molecule has 8 heteroatoms. The highest BCUT2D eigenvalue weighted by Crippen LogP contribution is 2.33. The van der Waals surface area contributed by atoms with E-state index in [1.807, 2.05) is 49.0 Å². The van der Waals surface area contributed by atoms with Gasteiger partial charge in [0.1, 0.15) is 5.78 Å². The largest absolute Gasteiger partial charge is 0.306 e. The zero-order valence-electron chi connectivity index (χ0n) is 18.1. The van der Waals surface area contributed by atoms with E-state index in [4.69, 9.17) is 0 Å². The number of rotatable bonds is 4. The Hall–Kier alpha value is -3.81. The number of fused-ring (bicyclic) bond motifs is 1. The van der Waals surface area contributed by atoms with E-state index < -0.39 is 0 Å². The van der Waals surface area contributed by atoms with Crippen molar-refractivity contribution in [3.05, 3.63) is 60.0 Å². The second-order valence-corrected chi connectivity index (χ2v) is 8.32. The number of carbonyl (C=O) groups excluding carboxylic acids is 2. The number of ketones is 1. The van der Waals surface area contributed by atoms with Crippen LogP contribution >= 0.6 is 0 Å². The number of anilines is 1. The number of aryl methyl sites for hydroxylation is 2. The Morgan fingerprint density at radius 2 is 2.03 bits per heavy atom. The number of hydrogen-bond donors (Lipinski definition) is 1. The van der Waals surface area contributed by atoms with Gasteiger partial charge < -0.3 is 4.57 Å². The van der Waals surface area contributed by atoms with Crippen LogP contribution in [0.2, 0.25) is 0 Å². The molecule has 5 rings (SSSR count). The third-order valence-electron chi connectivity index (χ3n) is 5.86. The van der Waals surface area contributed by atoms with Crippen molar-refractivity contribution in [2.75, 3.05) is 5.32 Å². The first-order chi connectivity index (χ1) is 15.5. The molecule has 1 aromatic carbocycles. The second kappa shape index (κ2) is 8.03. The minimum Gasteiger partial charge on any atom is -0.306 e. The van der Waals surface area contributed by atoms with E-state index in [-0.39, 0.29) is 17.7 Å². The Kier molecular flexibility index (Phi) is 5.05. The predicted octanol–water partition coefficient (Wildman–Crippen LogP) is 4.08. The molecule has 0 unspecified atom stereocenters. The van der Waals surface area contributed by atoms with Crippen LogP contribution in [0.5, 0.6) is 0 Å². The summed E-state index contributed by atoms with van der Waals surface area (Å²) < 4.78 is 3.72. The summed E-state index contributed by atoms with van der Waals surface area (Å²) in [5.41, 5.74) is 4.48. The summed E-state index contributed by atoms with van der Waals surface area (Å²) in [6, 6.07) is 11.3. The van der Waals surface area contributed by atoms with Crippen molar-refractivity contribution in [1.29, 1.82) is 0 Å². The van der Waals surface area contributed by atoms with Crippen molar-refractivity contribution in [3.8, 4) is 11.3 Å². The summed E-state index contributed by atoms with van der Waals surface area (Å²) in [4.78, 5) is 34.6. The fourth-order valence-electron chi connectivity index (χ4n) is 4.40. The molecule has 1 amide bonds. The number of amides is 1. The van der Waals surface area contributed by atoms with Crippen molar-refractivity contribution in [3.63, 3.8) is 0 Å². The summed E-state index contributed by atoms with van der Waals surface area (Å²) in [6.07, 6.45) is 6.41. The van der Waals surface area contributed by atoms with Crippen molar-refractivity contribution in [1.82, 2.24) is 24.3 Å². The van der Waals surface area contributed by atoms with Gasteiger partial charge in [0, 0.05) is 48.9 Å². The molecular weight excluding hydrogens is 404 g/mol. The van der Waals surface area contributed by atoms with E-state index in [0.29, 0.717) is 30.0 Å². The van der Waals surface area contributed by atoms with Gasteiger partial charge in [0.25, 0.3) is 5.91 Å². The molecule has 1 fully saturated rings. The number of pyridine rings is 1. The van der Waals surface area contributed by atoms with Gasteiger partial charge in [0.15, 0.2) is 0 Å². The van der Waals surface area contributed by atoms with E-state index in [9.17, 15) is 9.59 Å². The highest BCUT2D eigenvalue weighted by Gasteiger charge is 2.26. The first-order valence-corrected chi connectivity index (χ1v) is 10.8. The summed E-state index contributed by atoms with van der Waals surface area (Å²) in [5, 5.41) is 7.19. The second-order valence-electron chi connectivity index (χ2n) is 8.32. The topological polar surface area (TPSA) is 94.7 Å². The molecule has 0 spiro atoms. The van der Waals surface area contributed by atoms with Gasteiger partial charge in [-0.3, -0.25) is 24.6 Å². The number of imidazole rings is 1. The number of aromatic nitrogens is 5. The zero-order valence-corrected chi connectivity index (χ0v) is 18.1. The fourth-order valence-corrected chi connectivity index (χ4v) is 4.40. The molecule has 0 aliphatic heterocycles. The molecule has 1 N–H and O–H groups in total. The zero-order chi connectivity index (χ0) is 22.2. The lowest BCUT2D eigenvalue weighted by atomic mass is 9.94. The standard InChI is InChI=1S/C24H24N6O2/c1-15-10-16(11-21(26-15)17-13-25-29(2)14-17)23(32)28-24-27-20-8-3-4-9-22(20)30(24)18-6-5-7-19(31)12-18/h3-4,8-11,13-14,18H,5-7,12H2,1-2H3,(H,27,28,32)/t18-/m0/s1. The highest BCUT2D eigenvalue weighted by molar-refractivity contribution is 6.04. The monoisotopic (exact) mass is 428 g/mol. The molecule has 4 aromatic rings. The molecule has 1 atom stereocenters. The maximum Gasteiger partial charge on any atom is 0.258 e. The van der Waals surface area contributed by atoms with Crippen LogP contribution in [0.25, 0.3) is 22.3 Å². The molecule has 0 radical (unpaired) electrons. The number of benzene rings is 1. The van der Waals surface area contributed by atoms with Crippen molar-refractivity contribution in [2.45, 2.75) is 38.6 Å². The Morgan fingerprint density at radius 1 is 1.19 bits per heavy atom. The summed E-state index contributed by atoms with van der Waals surface area (Å²) in [6.45, 7) is 1.86. The fraction of sp³-hybridized carbons (Fsp3) is 0.292. The third kappa shape index (κ3) is 3.79. The van der Waals surface area contributed by atoms with Crippen LogP contribution in [-0.2, 0) is 11.8 Å². The number of para-hydroxylation sites is 2. The molecule has 32 heavy (non-hydrogen) atoms. The number of carbonyl (C=O) groups is 2. The summed E-state index contributed by atoms with van der Waals surface area (Å²) >= 11 is 0. The number of hydrogen-bond acceptors (Lipinski definition) is 5. The van der Waals surface area contributed by atoms with Gasteiger partial charge in [-0.25, -0.2) is 4.98 Å². The van der Waals surface area contributed by atoms with E-state index in [1.54, 1.807) is 23.0 Å². The first-order valence-electron chi connectivity index (χ1n) is 10.8. The summed E-state index contributed by atoms with van der Waals surface area (Å²) in [5.74, 6) is 0.454. The van der Waals surface area contributed by atoms with Crippen LogP contribution in [0.4, 0.5) is 5.95 Å². The number of Topliss-reactive ketones (excluding diaryl/α,β-unsaturated/α-hetero) is 1. The van der Waals surface area contributed by atoms with Crippen molar-refractivity contribution < 1.29 is 9.59 Å². The van der Waals surface area contributed by atoms with Gasteiger partial charge in [-0.05, 0) is 44.0 Å². The van der Waals surface area contributed by atoms with Gasteiger partial charge in [-0.15, -0.1) is 0 Å². The van der Waals surface area contributed by atoms with Crippen molar-refractivity contribution >= 4 is 28.7 Å². The van der Waals surface area contributed by atoms with E-state index in [0.717, 1.165) is 35.1 Å². The molecule has 0 saturated heterocycles. The molecule has 8 nitrogen and oxygen atoms in total. The van der Waals surface area contributed by atoms with Crippen LogP contribution in [0, 0.1) is 6.92 Å². The Labute approximate surface area is 185 Å². The lowest BCUT2D eigenvalue weighted by molar-refractivity contribution is -0.121. The molecule has 0 bridgehead atoms. The number of nitrogens with zero attached hydrogens (tertiary/aromatic N) is 5. The Balaban J connectivity index is 1.51. The quantitative estimate of drug-likeness (QED) is 0.529. The third-order valence-corrected chi connectivity index (χ3v) is 5.86. The average Bonchev–Trinajstić information content (AvgIpc) is 3.36. The SMILES string of the molecule is Cc1cc(C(=O)Nc2nc3ccccc3n2[C@H]2CCCC(=O)C2)cc(-c2cnn(C)c2)n1. The Bertz CT molecular complexity index is 1340. The van der Waals surface area contributed by atoms with Crippen LogP contribution in [0.15, 0.2) is 48.8 Å². The first kappa shape index (κ1) is 20.1. The minimum absolute atomic E-state index is 0.0101. The summed E-state index contributed by atoms with van der Waals surface area (Å²) in [7, 11) is 1.84. The predicted molar refractivity (Wildman–Crippen MR) is 121 cm³/mol. The van der Waals surface area contributed by atoms with Crippen LogP contribution in [-0.4, -0.2) is 36.0 Å². The van der Waals surface area contributed by atoms with Gasteiger partial charge >= 0.3 is 0 Å². The van der Waals surface area contributed by atoms with Crippen LogP contribution < -0.4 is 5.32 Å². The van der Waals surface area contributed by atoms with Crippen LogP contribution in [0.3, 0.4) is 0 Å². The number of nitrogens with one attached hydrogen (secondary N) is 1. The lowest BCUT2D eigenvalue weighted by Gasteiger charge is -2.24. The van der Waals surface area contributed by atoms with E-state index in [1.165, 1.54) is 0 Å². The molecule has 1 saturated carbocycles. The lowest BCUT2D eigenvalue weighted by Crippen LogP contribution is -2.23. The van der Waals surface area contributed by atoms with E-state index >= 15 is 0 Å². The van der Waals surface area contributed by atoms with Gasteiger partial charge in [-0.1, -0.05) is 12.1 Å². The molecular formula is C24H24N6O2. The Morgan fingerprint density at radius 3 is 2.81 bits per heavy atom. The average molecular weight is 428 g/mol. The molecule has 162 valence electrons. The molecule has 3 aromatic heterocycles. The maximum absolute atomic E-state index is 13.3. The van der Waals surface area contributed by atoms with Gasteiger partial charge in [0.2, 0.25) is 5.95 Å². The minimum atomic E-state index is -0.265. The molecule has 1 aliphatic carbocycles. The smallest absolute Gasteiger partial charge is 0.258 e.